The number of nitrogens with zero attached hydrogens (tertiary/aromatic N) is 1. The van der Waals surface area contributed by atoms with E-state index in [1.165, 1.54) is 30.3 Å². The molecule has 0 saturated carbocycles. The highest BCUT2D eigenvalue weighted by Gasteiger charge is 2.19. The van der Waals surface area contributed by atoms with Crippen molar-refractivity contribution in [2.45, 2.75) is 26.3 Å². The predicted octanol–water partition coefficient (Wildman–Crippen LogP) is 5.32. The van der Waals surface area contributed by atoms with Gasteiger partial charge in [0.2, 0.25) is 0 Å². The van der Waals surface area contributed by atoms with Crippen LogP contribution in [0.2, 0.25) is 5.02 Å². The molecule has 0 saturated heterocycles. The number of benzene rings is 2. The van der Waals surface area contributed by atoms with Gasteiger partial charge in [0.15, 0.2) is 11.6 Å². The number of ether oxygens (including phenoxy) is 1. The summed E-state index contributed by atoms with van der Waals surface area (Å²) in [4.78, 5) is 10.3. The van der Waals surface area contributed by atoms with Gasteiger partial charge in [-0.05, 0) is 31.5 Å². The number of rotatable bonds is 5. The van der Waals surface area contributed by atoms with E-state index in [2.05, 4.69) is 0 Å². The molecule has 5 nitrogen and oxygen atoms in total. The Morgan fingerprint density at radius 1 is 1.38 bits per heavy atom. The van der Waals surface area contributed by atoms with Crippen molar-refractivity contribution in [1.29, 1.82) is 0 Å². The van der Waals surface area contributed by atoms with Gasteiger partial charge in [0.1, 0.15) is 5.75 Å². The van der Waals surface area contributed by atoms with Crippen LogP contribution in [-0.2, 0) is 0 Å². The highest BCUT2D eigenvalue weighted by molar-refractivity contribution is 6.32. The molecular weight excluding hydrogens is 358 g/mol. The summed E-state index contributed by atoms with van der Waals surface area (Å²) in [6, 6.07) is 6.74. The van der Waals surface area contributed by atoms with Gasteiger partial charge in [-0.15, -0.1) is 12.4 Å². The molecule has 0 aliphatic heterocycles. The average molecular weight is 375 g/mol. The highest BCUT2D eigenvalue weighted by atomic mass is 35.5. The lowest BCUT2D eigenvalue weighted by Gasteiger charge is -2.15. The van der Waals surface area contributed by atoms with E-state index in [4.69, 9.17) is 22.1 Å². The summed E-state index contributed by atoms with van der Waals surface area (Å²) >= 11 is 6.01. The Balaban J connectivity index is 0.00000288. The number of nitro benzene ring substituents is 1. The fourth-order valence-electron chi connectivity index (χ4n) is 2.16. The molecule has 1 atom stereocenters. The van der Waals surface area contributed by atoms with Crippen LogP contribution in [0.25, 0.3) is 0 Å². The van der Waals surface area contributed by atoms with Crippen molar-refractivity contribution in [1.82, 2.24) is 0 Å². The van der Waals surface area contributed by atoms with Crippen LogP contribution >= 0.6 is 24.0 Å². The van der Waals surface area contributed by atoms with Crippen molar-refractivity contribution in [2.24, 2.45) is 5.73 Å². The minimum Gasteiger partial charge on any atom is -0.453 e. The van der Waals surface area contributed by atoms with E-state index in [0.717, 1.165) is 0 Å². The molecule has 0 heterocycles. The normalized spacial score (nSPS) is 11.5. The number of hydrogen-bond acceptors (Lipinski definition) is 4. The van der Waals surface area contributed by atoms with Gasteiger partial charge in [-0.2, -0.15) is 0 Å². The fourth-order valence-corrected chi connectivity index (χ4v) is 2.35. The zero-order valence-electron chi connectivity index (χ0n) is 13.1. The van der Waals surface area contributed by atoms with Crippen LogP contribution in [0.4, 0.5) is 10.1 Å². The van der Waals surface area contributed by atoms with Crippen molar-refractivity contribution in [3.63, 3.8) is 0 Å². The Labute approximate surface area is 150 Å². The maximum atomic E-state index is 14.6. The summed E-state index contributed by atoms with van der Waals surface area (Å²) < 4.78 is 20.1. The Bertz CT molecular complexity index is 756. The first-order valence-corrected chi connectivity index (χ1v) is 7.39. The Morgan fingerprint density at radius 3 is 2.58 bits per heavy atom. The van der Waals surface area contributed by atoms with Crippen LogP contribution in [0.3, 0.4) is 0 Å². The molecule has 0 amide bonds. The van der Waals surface area contributed by atoms with Crippen LogP contribution in [0.15, 0.2) is 30.3 Å². The molecule has 0 unspecified atom stereocenters. The van der Waals surface area contributed by atoms with Gasteiger partial charge in [0.25, 0.3) is 5.69 Å². The van der Waals surface area contributed by atoms with Gasteiger partial charge < -0.3 is 10.5 Å². The lowest BCUT2D eigenvalue weighted by molar-refractivity contribution is -0.385. The van der Waals surface area contributed by atoms with Crippen molar-refractivity contribution in [2.75, 3.05) is 0 Å². The number of halogens is 3. The zero-order chi connectivity index (χ0) is 17.1. The second-order valence-corrected chi connectivity index (χ2v) is 5.51. The Morgan fingerprint density at radius 2 is 2.04 bits per heavy atom. The van der Waals surface area contributed by atoms with E-state index in [1.807, 2.05) is 6.92 Å². The molecule has 0 bridgehead atoms. The number of nitro groups is 1. The van der Waals surface area contributed by atoms with E-state index < -0.39 is 16.8 Å². The lowest BCUT2D eigenvalue weighted by Crippen LogP contribution is -2.11. The van der Waals surface area contributed by atoms with E-state index in [-0.39, 0.29) is 34.6 Å². The summed E-state index contributed by atoms with van der Waals surface area (Å²) in [7, 11) is 0. The maximum Gasteiger partial charge on any atom is 0.272 e. The molecule has 0 radical (unpaired) electrons. The van der Waals surface area contributed by atoms with E-state index >= 15 is 0 Å². The lowest BCUT2D eigenvalue weighted by atomic mass is 10.0. The van der Waals surface area contributed by atoms with Crippen molar-refractivity contribution >= 4 is 29.7 Å². The van der Waals surface area contributed by atoms with E-state index in [9.17, 15) is 14.5 Å². The molecule has 8 heteroatoms. The molecule has 2 aromatic rings. The zero-order valence-corrected chi connectivity index (χ0v) is 14.7. The van der Waals surface area contributed by atoms with Gasteiger partial charge in [-0.3, -0.25) is 10.1 Å². The summed E-state index contributed by atoms with van der Waals surface area (Å²) in [6.07, 6.45) is 0.564. The molecule has 24 heavy (non-hydrogen) atoms. The summed E-state index contributed by atoms with van der Waals surface area (Å²) in [5, 5.41) is 10.9. The maximum absolute atomic E-state index is 14.6. The topological polar surface area (TPSA) is 78.4 Å². The molecule has 0 aliphatic carbocycles. The second kappa shape index (κ2) is 8.28. The third-order valence-corrected chi connectivity index (χ3v) is 3.80. The standard InChI is InChI=1S/C16H16ClFN2O3.ClH/c1-3-13(19)11-5-6-12(17)16(15(11)18)23-10-4-7-14(20(21)22)9(2)8-10;/h4-8,13H,3,19H2,1-2H3;1H/t13-;/m1./s1. The molecule has 0 aromatic heterocycles. The number of hydrogen-bond donors (Lipinski definition) is 1. The molecule has 2 rings (SSSR count). The quantitative estimate of drug-likeness (QED) is 0.567. The van der Waals surface area contributed by atoms with Gasteiger partial charge in [0.05, 0.1) is 9.95 Å². The first kappa shape index (κ1) is 20.2. The highest BCUT2D eigenvalue weighted by Crippen LogP contribution is 2.36. The molecule has 0 spiro atoms. The summed E-state index contributed by atoms with van der Waals surface area (Å²) in [5.74, 6) is -0.500. The molecule has 2 N–H and O–H groups in total. The number of aryl methyl sites for hydroxylation is 1. The molecule has 130 valence electrons. The van der Waals surface area contributed by atoms with Crippen LogP contribution in [0.5, 0.6) is 11.5 Å². The Kier molecular flexibility index (Phi) is 6.95. The van der Waals surface area contributed by atoms with Crippen LogP contribution in [0.1, 0.15) is 30.5 Å². The molecule has 2 aromatic carbocycles. The van der Waals surface area contributed by atoms with Crippen LogP contribution in [-0.4, -0.2) is 4.92 Å². The van der Waals surface area contributed by atoms with Gasteiger partial charge >= 0.3 is 0 Å². The largest absolute Gasteiger partial charge is 0.453 e. The molecular formula is C16H17Cl2FN2O3. The third-order valence-electron chi connectivity index (χ3n) is 3.50. The monoisotopic (exact) mass is 374 g/mol. The first-order valence-electron chi connectivity index (χ1n) is 7.01. The fraction of sp³-hybridized carbons (Fsp3) is 0.250. The molecule has 0 fully saturated rings. The van der Waals surface area contributed by atoms with Crippen molar-refractivity contribution in [3.05, 3.63) is 62.4 Å². The summed E-state index contributed by atoms with van der Waals surface area (Å²) in [5.41, 5.74) is 6.55. The minimum absolute atomic E-state index is 0. The first-order chi connectivity index (χ1) is 10.8. The van der Waals surface area contributed by atoms with Gasteiger partial charge in [-0.1, -0.05) is 24.6 Å². The Hall–Kier alpha value is -1.89. The second-order valence-electron chi connectivity index (χ2n) is 5.10. The molecule has 0 aliphatic rings. The van der Waals surface area contributed by atoms with E-state index in [0.29, 0.717) is 17.5 Å². The predicted molar refractivity (Wildman–Crippen MR) is 93.8 cm³/mol. The smallest absolute Gasteiger partial charge is 0.272 e. The number of nitrogens with two attached hydrogens (primary N) is 1. The SMILES string of the molecule is CC[C@@H](N)c1ccc(Cl)c(Oc2ccc([N+](=O)[O-])c(C)c2)c1F.Cl. The van der Waals surface area contributed by atoms with Crippen LogP contribution in [0, 0.1) is 22.9 Å². The van der Waals surface area contributed by atoms with Gasteiger partial charge in [-0.25, -0.2) is 4.39 Å². The summed E-state index contributed by atoms with van der Waals surface area (Å²) in [6.45, 7) is 3.42. The van der Waals surface area contributed by atoms with Crippen LogP contribution < -0.4 is 10.5 Å². The minimum atomic E-state index is -0.622. The van der Waals surface area contributed by atoms with Crippen molar-refractivity contribution < 1.29 is 14.1 Å². The third kappa shape index (κ3) is 4.14. The van der Waals surface area contributed by atoms with Crippen molar-refractivity contribution in [3.8, 4) is 11.5 Å². The average Bonchev–Trinajstić information content (AvgIpc) is 2.50. The van der Waals surface area contributed by atoms with E-state index in [1.54, 1.807) is 6.92 Å². The van der Waals surface area contributed by atoms with Gasteiger partial charge in [0, 0.05) is 23.2 Å².